The molecule has 0 atom stereocenters. The summed E-state index contributed by atoms with van der Waals surface area (Å²) in [5.41, 5.74) is 2.60. The molecule has 0 radical (unpaired) electrons. The van der Waals surface area contributed by atoms with Gasteiger partial charge in [0.05, 0.1) is 0 Å². The molecule has 0 aliphatic rings. The summed E-state index contributed by atoms with van der Waals surface area (Å²) < 4.78 is 0. The Labute approximate surface area is 95.0 Å². The van der Waals surface area contributed by atoms with Crippen LogP contribution in [0.4, 0.5) is 5.69 Å². The molecule has 2 rings (SSSR count). The van der Waals surface area contributed by atoms with E-state index in [1.165, 1.54) is 21.0 Å². The quantitative estimate of drug-likeness (QED) is 0.739. The van der Waals surface area contributed by atoms with Crippen molar-refractivity contribution in [3.05, 3.63) is 41.3 Å². The van der Waals surface area contributed by atoms with E-state index in [2.05, 4.69) is 62.3 Å². The lowest BCUT2D eigenvalue weighted by Gasteiger charge is -2.16. The minimum Gasteiger partial charge on any atom is -0.377 e. The molecule has 0 aliphatic heterocycles. The van der Waals surface area contributed by atoms with E-state index in [0.29, 0.717) is 0 Å². The fourth-order valence-electron chi connectivity index (χ4n) is 1.65. The van der Waals surface area contributed by atoms with E-state index in [1.54, 1.807) is 0 Å². The van der Waals surface area contributed by atoms with Crippen molar-refractivity contribution in [1.29, 1.82) is 0 Å². The van der Waals surface area contributed by atoms with Crippen LogP contribution in [0.3, 0.4) is 0 Å². The molecule has 0 fully saturated rings. The van der Waals surface area contributed by atoms with E-state index in [-0.39, 0.29) is 0 Å². The average Bonchev–Trinajstić information content (AvgIpc) is 2.65. The number of thiophene rings is 1. The second-order valence-electron chi connectivity index (χ2n) is 3.82. The number of benzene rings is 1. The second-order valence-corrected chi connectivity index (χ2v) is 5.11. The molecule has 0 unspecified atom stereocenters. The summed E-state index contributed by atoms with van der Waals surface area (Å²) in [7, 11) is 4.17. The molecule has 2 heteroatoms. The van der Waals surface area contributed by atoms with E-state index >= 15 is 0 Å². The molecule has 0 bridgehead atoms. The number of para-hydroxylation sites is 1. The Morgan fingerprint density at radius 1 is 1.00 bits per heavy atom. The maximum absolute atomic E-state index is 2.20. The SMILES string of the molecule is Cc1ccc(-c2ccccc2N(C)C)s1. The average molecular weight is 217 g/mol. The van der Waals surface area contributed by atoms with Gasteiger partial charge in [0.2, 0.25) is 0 Å². The van der Waals surface area contributed by atoms with Crippen LogP contribution in [0.5, 0.6) is 0 Å². The Morgan fingerprint density at radius 3 is 2.33 bits per heavy atom. The van der Waals surface area contributed by atoms with Crippen LogP contribution in [0.2, 0.25) is 0 Å². The Hall–Kier alpha value is -1.28. The molecule has 0 amide bonds. The summed E-state index contributed by atoms with van der Waals surface area (Å²) in [6, 6.07) is 12.9. The van der Waals surface area contributed by atoms with Gasteiger partial charge in [-0.25, -0.2) is 0 Å². The lowest BCUT2D eigenvalue weighted by molar-refractivity contribution is 1.13. The topological polar surface area (TPSA) is 3.24 Å². The van der Waals surface area contributed by atoms with Crippen molar-refractivity contribution in [2.24, 2.45) is 0 Å². The van der Waals surface area contributed by atoms with Crippen LogP contribution >= 0.6 is 11.3 Å². The molecule has 2 aromatic rings. The van der Waals surface area contributed by atoms with Crippen molar-refractivity contribution in [2.45, 2.75) is 6.92 Å². The van der Waals surface area contributed by atoms with Crippen LogP contribution in [-0.2, 0) is 0 Å². The van der Waals surface area contributed by atoms with E-state index in [1.807, 2.05) is 11.3 Å². The number of aryl methyl sites for hydroxylation is 1. The van der Waals surface area contributed by atoms with Gasteiger partial charge in [-0.3, -0.25) is 0 Å². The predicted octanol–water partition coefficient (Wildman–Crippen LogP) is 3.79. The molecule has 0 spiro atoms. The Kier molecular flexibility index (Phi) is 2.78. The van der Waals surface area contributed by atoms with E-state index in [4.69, 9.17) is 0 Å². The van der Waals surface area contributed by atoms with Gasteiger partial charge in [-0.15, -0.1) is 11.3 Å². The molecular weight excluding hydrogens is 202 g/mol. The summed E-state index contributed by atoms with van der Waals surface area (Å²) in [4.78, 5) is 4.86. The normalized spacial score (nSPS) is 10.3. The molecule has 0 saturated heterocycles. The van der Waals surface area contributed by atoms with Gasteiger partial charge < -0.3 is 4.90 Å². The number of hydrogen-bond acceptors (Lipinski definition) is 2. The van der Waals surface area contributed by atoms with Gasteiger partial charge in [0.15, 0.2) is 0 Å². The van der Waals surface area contributed by atoms with Gasteiger partial charge in [0.25, 0.3) is 0 Å². The minimum atomic E-state index is 1.28. The molecule has 1 aromatic carbocycles. The van der Waals surface area contributed by atoms with Crippen LogP contribution < -0.4 is 4.90 Å². The van der Waals surface area contributed by atoms with E-state index in [9.17, 15) is 0 Å². The molecule has 1 aromatic heterocycles. The van der Waals surface area contributed by atoms with Crippen LogP contribution in [-0.4, -0.2) is 14.1 Å². The summed E-state index contributed by atoms with van der Waals surface area (Å²) in [6.45, 7) is 2.15. The van der Waals surface area contributed by atoms with Gasteiger partial charge in [-0.1, -0.05) is 18.2 Å². The summed E-state index contributed by atoms with van der Waals surface area (Å²) in [6.07, 6.45) is 0. The van der Waals surface area contributed by atoms with E-state index in [0.717, 1.165) is 0 Å². The smallest absolute Gasteiger partial charge is 0.0448 e. The Bertz CT molecular complexity index is 457. The standard InChI is InChI=1S/C13H15NS/c1-10-8-9-13(15-10)11-6-4-5-7-12(11)14(2)3/h4-9H,1-3H3. The Balaban J connectivity index is 2.52. The Morgan fingerprint density at radius 2 is 1.73 bits per heavy atom. The van der Waals surface area contributed by atoms with Crippen molar-refractivity contribution in [1.82, 2.24) is 0 Å². The highest BCUT2D eigenvalue weighted by atomic mass is 32.1. The lowest BCUT2D eigenvalue weighted by Crippen LogP contribution is -2.09. The van der Waals surface area contributed by atoms with E-state index < -0.39 is 0 Å². The highest BCUT2D eigenvalue weighted by Gasteiger charge is 2.07. The van der Waals surface area contributed by atoms with Gasteiger partial charge in [0.1, 0.15) is 0 Å². The predicted molar refractivity (Wildman–Crippen MR) is 68.8 cm³/mol. The van der Waals surface area contributed by atoms with Crippen LogP contribution in [0.15, 0.2) is 36.4 Å². The third-order valence-electron chi connectivity index (χ3n) is 2.39. The van der Waals surface area contributed by atoms with Gasteiger partial charge in [0, 0.05) is 35.1 Å². The molecule has 78 valence electrons. The fourth-order valence-corrected chi connectivity index (χ4v) is 2.55. The van der Waals surface area contributed by atoms with Gasteiger partial charge in [-0.2, -0.15) is 0 Å². The number of hydrogen-bond donors (Lipinski definition) is 0. The van der Waals surface area contributed by atoms with Crippen LogP contribution in [0.25, 0.3) is 10.4 Å². The van der Waals surface area contributed by atoms with Crippen molar-refractivity contribution >= 4 is 17.0 Å². The first-order chi connectivity index (χ1) is 7.18. The lowest BCUT2D eigenvalue weighted by atomic mass is 10.1. The van der Waals surface area contributed by atoms with Crippen molar-refractivity contribution in [2.75, 3.05) is 19.0 Å². The zero-order valence-electron chi connectivity index (χ0n) is 9.32. The number of nitrogens with zero attached hydrogens (tertiary/aromatic N) is 1. The second kappa shape index (κ2) is 4.07. The zero-order chi connectivity index (χ0) is 10.8. The first-order valence-corrected chi connectivity index (χ1v) is 5.83. The highest BCUT2D eigenvalue weighted by Crippen LogP contribution is 2.34. The molecule has 1 nitrogen and oxygen atoms in total. The molecule has 0 saturated carbocycles. The molecular formula is C13H15NS. The maximum atomic E-state index is 2.20. The third-order valence-corrected chi connectivity index (χ3v) is 3.43. The first-order valence-electron chi connectivity index (χ1n) is 5.01. The number of rotatable bonds is 2. The van der Waals surface area contributed by atoms with Gasteiger partial charge in [-0.05, 0) is 25.1 Å². The molecule has 0 aliphatic carbocycles. The van der Waals surface area contributed by atoms with Crippen LogP contribution in [0, 0.1) is 6.92 Å². The van der Waals surface area contributed by atoms with Crippen molar-refractivity contribution in [3.8, 4) is 10.4 Å². The molecule has 15 heavy (non-hydrogen) atoms. The maximum Gasteiger partial charge on any atom is 0.0448 e. The van der Waals surface area contributed by atoms with Gasteiger partial charge >= 0.3 is 0 Å². The molecule has 0 N–H and O–H groups in total. The van der Waals surface area contributed by atoms with Crippen molar-refractivity contribution in [3.63, 3.8) is 0 Å². The zero-order valence-corrected chi connectivity index (χ0v) is 10.1. The summed E-state index contributed by atoms with van der Waals surface area (Å²) >= 11 is 1.85. The number of anilines is 1. The largest absolute Gasteiger partial charge is 0.377 e. The highest BCUT2D eigenvalue weighted by molar-refractivity contribution is 7.15. The fraction of sp³-hybridized carbons (Fsp3) is 0.231. The summed E-state index contributed by atoms with van der Waals surface area (Å²) in [5, 5.41) is 0. The summed E-state index contributed by atoms with van der Waals surface area (Å²) in [5.74, 6) is 0. The minimum absolute atomic E-state index is 1.28. The third kappa shape index (κ3) is 2.05. The van der Waals surface area contributed by atoms with Crippen molar-refractivity contribution < 1.29 is 0 Å². The molecule has 1 heterocycles. The first kappa shape index (κ1) is 10.2. The van der Waals surface area contributed by atoms with Crippen LogP contribution in [0.1, 0.15) is 4.88 Å². The monoisotopic (exact) mass is 217 g/mol.